The predicted molar refractivity (Wildman–Crippen MR) is 95.3 cm³/mol. The average molecular weight is 392 g/mol. The largest absolute Gasteiger partial charge is 0.416 e. The van der Waals surface area contributed by atoms with Crippen LogP contribution in [0.15, 0.2) is 29.2 Å². The van der Waals surface area contributed by atoms with Crippen LogP contribution in [0.25, 0.3) is 0 Å². The van der Waals surface area contributed by atoms with Crippen LogP contribution in [0.3, 0.4) is 0 Å². The molecule has 1 saturated heterocycles. The predicted octanol–water partition coefficient (Wildman–Crippen LogP) is 4.03. The summed E-state index contributed by atoms with van der Waals surface area (Å²) < 4.78 is 65.9. The molecule has 1 aromatic carbocycles. The zero-order valence-corrected chi connectivity index (χ0v) is 16.0. The molecule has 0 bridgehead atoms. The quantitative estimate of drug-likeness (QED) is 0.842. The van der Waals surface area contributed by atoms with Crippen molar-refractivity contribution in [2.45, 2.75) is 69.1 Å². The smallest absolute Gasteiger partial charge is 0.317 e. The number of nitrogens with zero attached hydrogens (tertiary/aromatic N) is 1. The van der Waals surface area contributed by atoms with Crippen molar-refractivity contribution < 1.29 is 21.6 Å². The first kappa shape index (κ1) is 21.2. The topological polar surface area (TPSA) is 49.4 Å². The van der Waals surface area contributed by atoms with Gasteiger partial charge < -0.3 is 5.32 Å². The number of alkyl halides is 3. The molecule has 148 valence electrons. The van der Waals surface area contributed by atoms with E-state index in [0.717, 1.165) is 44.1 Å². The van der Waals surface area contributed by atoms with Gasteiger partial charge in [-0.25, -0.2) is 8.42 Å². The van der Waals surface area contributed by atoms with E-state index < -0.39 is 21.8 Å². The molecule has 4 nitrogen and oxygen atoms in total. The Kier molecular flexibility index (Phi) is 7.10. The molecule has 0 radical (unpaired) electrons. The molecule has 8 heteroatoms. The minimum absolute atomic E-state index is 0.0716. The van der Waals surface area contributed by atoms with Crippen molar-refractivity contribution in [2.24, 2.45) is 0 Å². The zero-order chi connectivity index (χ0) is 19.4. The molecule has 1 heterocycles. The normalized spacial score (nSPS) is 19.2. The molecule has 1 aromatic rings. The molecule has 0 aromatic heterocycles. The molecule has 0 amide bonds. The number of benzene rings is 1. The van der Waals surface area contributed by atoms with Gasteiger partial charge in [0.05, 0.1) is 10.5 Å². The van der Waals surface area contributed by atoms with Crippen LogP contribution in [0.2, 0.25) is 0 Å². The van der Waals surface area contributed by atoms with E-state index in [9.17, 15) is 21.6 Å². The Morgan fingerprint density at radius 1 is 1.08 bits per heavy atom. The van der Waals surface area contributed by atoms with Crippen LogP contribution >= 0.6 is 0 Å². The van der Waals surface area contributed by atoms with Crippen molar-refractivity contribution in [3.8, 4) is 0 Å². The van der Waals surface area contributed by atoms with E-state index in [4.69, 9.17) is 0 Å². The molecule has 3 rings (SSSR count). The van der Waals surface area contributed by atoms with Crippen LogP contribution in [0.5, 0.6) is 0 Å². The molecule has 0 spiro atoms. The number of hydrogen-bond donors (Lipinski definition) is 1. The van der Waals surface area contributed by atoms with Crippen molar-refractivity contribution in [3.63, 3.8) is 0 Å². The third-order valence-electron chi connectivity index (χ3n) is 4.31. The molecule has 0 atom stereocenters. The van der Waals surface area contributed by atoms with E-state index >= 15 is 0 Å². The monoisotopic (exact) mass is 392 g/mol. The SMILES string of the molecule is CCC.O=S(=O)(c1cccc(C(F)(F)F)c1)N(C1CCNCC1)C1CC1. The van der Waals surface area contributed by atoms with Crippen LogP contribution in [0.1, 0.15) is 51.5 Å². The van der Waals surface area contributed by atoms with Crippen LogP contribution < -0.4 is 5.32 Å². The Morgan fingerprint density at radius 3 is 2.12 bits per heavy atom. The summed E-state index contributed by atoms with van der Waals surface area (Å²) in [6, 6.07) is 3.84. The van der Waals surface area contributed by atoms with Gasteiger partial charge in [0.2, 0.25) is 10.0 Å². The van der Waals surface area contributed by atoms with Crippen LogP contribution in [-0.2, 0) is 16.2 Å². The molecule has 1 aliphatic carbocycles. The fraction of sp³-hybridized carbons (Fsp3) is 0.667. The highest BCUT2D eigenvalue weighted by atomic mass is 32.2. The maximum Gasteiger partial charge on any atom is 0.416 e. The Labute approximate surface area is 153 Å². The second-order valence-electron chi connectivity index (χ2n) is 6.78. The van der Waals surface area contributed by atoms with Crippen molar-refractivity contribution >= 4 is 10.0 Å². The Bertz CT molecular complexity index is 682. The highest BCUT2D eigenvalue weighted by Crippen LogP contribution is 2.37. The molecule has 1 N–H and O–H groups in total. The lowest BCUT2D eigenvalue weighted by molar-refractivity contribution is -0.137. The van der Waals surface area contributed by atoms with Gasteiger partial charge in [-0.1, -0.05) is 26.3 Å². The first-order valence-electron chi connectivity index (χ1n) is 9.13. The molecular weight excluding hydrogens is 365 g/mol. The van der Waals surface area contributed by atoms with Crippen molar-refractivity contribution in [2.75, 3.05) is 13.1 Å². The fourth-order valence-electron chi connectivity index (χ4n) is 3.04. The second-order valence-corrected chi connectivity index (χ2v) is 8.62. The van der Waals surface area contributed by atoms with E-state index in [-0.39, 0.29) is 17.0 Å². The van der Waals surface area contributed by atoms with Gasteiger partial charge in [-0.2, -0.15) is 17.5 Å². The van der Waals surface area contributed by atoms with Crippen LogP contribution in [0, 0.1) is 0 Å². The molecule has 26 heavy (non-hydrogen) atoms. The number of rotatable bonds is 4. The highest BCUT2D eigenvalue weighted by molar-refractivity contribution is 7.89. The van der Waals surface area contributed by atoms with E-state index in [0.29, 0.717) is 12.8 Å². The Balaban J connectivity index is 0.000000758. The summed E-state index contributed by atoms with van der Waals surface area (Å²) in [4.78, 5) is -0.266. The third kappa shape index (κ3) is 5.20. The number of halogens is 3. The van der Waals surface area contributed by atoms with Gasteiger partial charge in [0.25, 0.3) is 0 Å². The summed E-state index contributed by atoms with van der Waals surface area (Å²) in [6.07, 6.45) is -0.363. The van der Waals surface area contributed by atoms with Gasteiger partial charge in [0, 0.05) is 12.1 Å². The summed E-state index contributed by atoms with van der Waals surface area (Å²) in [5.74, 6) is 0. The fourth-order valence-corrected chi connectivity index (χ4v) is 5.01. The minimum atomic E-state index is -4.55. The maximum absolute atomic E-state index is 12.9. The second kappa shape index (κ2) is 8.71. The third-order valence-corrected chi connectivity index (χ3v) is 6.31. The standard InChI is InChI=1S/C15H19F3N2O2S.C3H8/c16-15(17,18)11-2-1-3-14(10-11)23(21,22)20(12-4-5-12)13-6-8-19-9-7-13;1-3-2/h1-3,10,12-13,19H,4-9H2;3H2,1-2H3. The average Bonchev–Trinajstić information content (AvgIpc) is 3.41. The first-order valence-corrected chi connectivity index (χ1v) is 10.6. The summed E-state index contributed by atoms with van der Waals surface area (Å²) >= 11 is 0. The van der Waals surface area contributed by atoms with E-state index in [1.807, 2.05) is 0 Å². The number of sulfonamides is 1. The van der Waals surface area contributed by atoms with E-state index in [1.165, 1.54) is 16.8 Å². The number of nitrogens with one attached hydrogen (secondary N) is 1. The first-order chi connectivity index (χ1) is 12.2. The van der Waals surface area contributed by atoms with Gasteiger partial charge in [-0.05, 0) is 57.0 Å². The molecule has 2 fully saturated rings. The Morgan fingerprint density at radius 2 is 1.62 bits per heavy atom. The van der Waals surface area contributed by atoms with Gasteiger partial charge in [-0.3, -0.25) is 0 Å². The molecule has 1 aliphatic heterocycles. The lowest BCUT2D eigenvalue weighted by Crippen LogP contribution is -2.47. The van der Waals surface area contributed by atoms with Crippen LogP contribution in [0.4, 0.5) is 13.2 Å². The summed E-state index contributed by atoms with van der Waals surface area (Å²) in [5.41, 5.74) is -0.931. The van der Waals surface area contributed by atoms with Gasteiger partial charge in [0.1, 0.15) is 0 Å². The van der Waals surface area contributed by atoms with Crippen molar-refractivity contribution in [1.29, 1.82) is 0 Å². The van der Waals surface area contributed by atoms with E-state index in [1.54, 1.807) is 0 Å². The zero-order valence-electron chi connectivity index (χ0n) is 15.2. The Hall–Kier alpha value is -1.12. The summed E-state index contributed by atoms with van der Waals surface area (Å²) in [6.45, 7) is 5.71. The van der Waals surface area contributed by atoms with Gasteiger partial charge in [0.15, 0.2) is 0 Å². The summed E-state index contributed by atoms with van der Waals surface area (Å²) in [5, 5.41) is 3.18. The highest BCUT2D eigenvalue weighted by Gasteiger charge is 2.43. The maximum atomic E-state index is 12.9. The molecule has 0 unspecified atom stereocenters. The van der Waals surface area contributed by atoms with Gasteiger partial charge in [-0.15, -0.1) is 0 Å². The lowest BCUT2D eigenvalue weighted by Gasteiger charge is -2.34. The lowest BCUT2D eigenvalue weighted by atomic mass is 10.1. The van der Waals surface area contributed by atoms with Gasteiger partial charge >= 0.3 is 6.18 Å². The minimum Gasteiger partial charge on any atom is -0.317 e. The van der Waals surface area contributed by atoms with Crippen molar-refractivity contribution in [1.82, 2.24) is 9.62 Å². The van der Waals surface area contributed by atoms with Crippen molar-refractivity contribution in [3.05, 3.63) is 29.8 Å². The van der Waals surface area contributed by atoms with E-state index in [2.05, 4.69) is 19.2 Å². The molecule has 1 saturated carbocycles. The number of piperidine rings is 1. The van der Waals surface area contributed by atoms with Crippen LogP contribution in [-0.4, -0.2) is 37.9 Å². The number of hydrogen-bond acceptors (Lipinski definition) is 3. The molecule has 2 aliphatic rings. The summed E-state index contributed by atoms with van der Waals surface area (Å²) in [7, 11) is -3.91. The molecular formula is C18H27F3N2O2S.